The van der Waals surface area contributed by atoms with Crippen LogP contribution in [0, 0.1) is 6.92 Å². The zero-order chi connectivity index (χ0) is 12.3. The minimum Gasteiger partial charge on any atom is -0.467 e. The van der Waals surface area contributed by atoms with Crippen LogP contribution in [0.25, 0.3) is 0 Å². The summed E-state index contributed by atoms with van der Waals surface area (Å²) >= 11 is 0. The smallest absolute Gasteiger partial charge is 0.335 e. The number of rotatable bonds is 3. The molecule has 0 bridgehead atoms. The molecule has 1 atom stereocenters. The normalized spacial score (nSPS) is 13.3. The molecule has 0 aliphatic heterocycles. The third kappa shape index (κ3) is 2.39. The lowest BCUT2D eigenvalue weighted by Gasteiger charge is -2.28. The highest BCUT2D eigenvalue weighted by Gasteiger charge is 2.36. The van der Waals surface area contributed by atoms with Crippen molar-refractivity contribution in [1.29, 1.82) is 0 Å². The van der Waals surface area contributed by atoms with Gasteiger partial charge in [-0.15, -0.1) is 0 Å². The van der Waals surface area contributed by atoms with Gasteiger partial charge in [0.15, 0.2) is 6.10 Å². The van der Waals surface area contributed by atoms with E-state index in [1.807, 2.05) is 19.1 Å². The fourth-order valence-corrected chi connectivity index (χ4v) is 1.41. The van der Waals surface area contributed by atoms with Gasteiger partial charge in [0.1, 0.15) is 0 Å². The van der Waals surface area contributed by atoms with Gasteiger partial charge in [0.25, 0.3) is 0 Å². The molecule has 88 valence electrons. The van der Waals surface area contributed by atoms with E-state index in [0.717, 1.165) is 11.3 Å². The van der Waals surface area contributed by atoms with Gasteiger partial charge in [0, 0.05) is 17.3 Å². The number of aryl methyl sites for hydroxylation is 1. The lowest BCUT2D eigenvalue weighted by atomic mass is 9.80. The highest BCUT2D eigenvalue weighted by atomic mass is 16.5. The lowest BCUT2D eigenvalue weighted by molar-refractivity contribution is -0.153. The zero-order valence-corrected chi connectivity index (χ0v) is 10.0. The van der Waals surface area contributed by atoms with E-state index in [0.29, 0.717) is 0 Å². The highest BCUT2D eigenvalue weighted by Crippen LogP contribution is 2.27. The van der Waals surface area contributed by atoms with Crippen LogP contribution >= 0.6 is 0 Å². The van der Waals surface area contributed by atoms with Gasteiger partial charge in [0.05, 0.1) is 7.11 Å². The van der Waals surface area contributed by atoms with Crippen molar-refractivity contribution in [3.63, 3.8) is 0 Å². The molecule has 0 spiro atoms. The molecule has 0 fully saturated rings. The van der Waals surface area contributed by atoms with Crippen molar-refractivity contribution < 1.29 is 14.6 Å². The number of hydrogen-bond donors (Lipinski definition) is 1. The molecular formula is C12H17NO3. The van der Waals surface area contributed by atoms with Crippen LogP contribution in [-0.2, 0) is 14.9 Å². The molecule has 0 radical (unpaired) electrons. The Kier molecular flexibility index (Phi) is 3.65. The molecule has 0 aromatic carbocycles. The third-order valence-electron chi connectivity index (χ3n) is 2.76. The Morgan fingerprint density at radius 3 is 2.56 bits per heavy atom. The number of ether oxygens (including phenoxy) is 1. The van der Waals surface area contributed by atoms with E-state index in [9.17, 15) is 9.90 Å². The topological polar surface area (TPSA) is 59.4 Å². The van der Waals surface area contributed by atoms with Gasteiger partial charge in [-0.3, -0.25) is 4.98 Å². The minimum atomic E-state index is -1.19. The number of pyridine rings is 1. The van der Waals surface area contributed by atoms with Crippen molar-refractivity contribution in [3.8, 4) is 0 Å². The standard InChI is InChI=1S/C12H17NO3/c1-8-5-6-9(7-13-8)12(2,3)10(14)11(15)16-4/h5-7,10,14H,1-4H3. The maximum absolute atomic E-state index is 11.3. The van der Waals surface area contributed by atoms with E-state index < -0.39 is 17.5 Å². The van der Waals surface area contributed by atoms with Crippen LogP contribution in [0.4, 0.5) is 0 Å². The van der Waals surface area contributed by atoms with Gasteiger partial charge in [-0.1, -0.05) is 19.9 Å². The average molecular weight is 223 g/mol. The van der Waals surface area contributed by atoms with Gasteiger partial charge in [-0.2, -0.15) is 0 Å². The number of nitrogens with zero attached hydrogens (tertiary/aromatic N) is 1. The van der Waals surface area contributed by atoms with Crippen LogP contribution in [-0.4, -0.2) is 29.3 Å². The second-order valence-electron chi connectivity index (χ2n) is 4.34. The Morgan fingerprint density at radius 2 is 2.12 bits per heavy atom. The largest absolute Gasteiger partial charge is 0.467 e. The molecule has 1 aromatic heterocycles. The summed E-state index contributed by atoms with van der Waals surface area (Å²) in [6.45, 7) is 5.44. The summed E-state index contributed by atoms with van der Waals surface area (Å²) in [6, 6.07) is 3.70. The van der Waals surface area contributed by atoms with Crippen LogP contribution in [0.15, 0.2) is 18.3 Å². The van der Waals surface area contributed by atoms with Crippen molar-refractivity contribution in [2.75, 3.05) is 7.11 Å². The molecular weight excluding hydrogens is 206 g/mol. The number of methoxy groups -OCH3 is 1. The summed E-state index contributed by atoms with van der Waals surface area (Å²) in [5, 5.41) is 9.87. The Morgan fingerprint density at radius 1 is 1.50 bits per heavy atom. The molecule has 0 amide bonds. The quantitative estimate of drug-likeness (QED) is 0.782. The first-order valence-corrected chi connectivity index (χ1v) is 5.08. The van der Waals surface area contributed by atoms with E-state index in [1.165, 1.54) is 7.11 Å². The SMILES string of the molecule is COC(=O)C(O)C(C)(C)c1ccc(C)nc1. The predicted molar refractivity (Wildman–Crippen MR) is 60.0 cm³/mol. The molecule has 1 unspecified atom stereocenters. The van der Waals surface area contributed by atoms with Gasteiger partial charge in [-0.05, 0) is 18.6 Å². The maximum Gasteiger partial charge on any atom is 0.335 e. The molecule has 1 aromatic rings. The predicted octanol–water partition coefficient (Wildman–Crippen LogP) is 1.20. The number of hydrogen-bond acceptors (Lipinski definition) is 4. The molecule has 4 heteroatoms. The summed E-state index contributed by atoms with van der Waals surface area (Å²) < 4.78 is 4.53. The summed E-state index contributed by atoms with van der Waals surface area (Å²) in [5.41, 5.74) is 0.983. The van der Waals surface area contributed by atoms with E-state index in [2.05, 4.69) is 9.72 Å². The molecule has 0 saturated carbocycles. The number of esters is 1. The fourth-order valence-electron chi connectivity index (χ4n) is 1.41. The molecule has 0 saturated heterocycles. The Balaban J connectivity index is 3.01. The number of carbonyl (C=O) groups excluding carboxylic acids is 1. The van der Waals surface area contributed by atoms with Gasteiger partial charge in [0.2, 0.25) is 0 Å². The van der Waals surface area contributed by atoms with E-state index in [1.54, 1.807) is 20.0 Å². The highest BCUT2D eigenvalue weighted by molar-refractivity contribution is 5.76. The van der Waals surface area contributed by atoms with Crippen LogP contribution in [0.2, 0.25) is 0 Å². The van der Waals surface area contributed by atoms with E-state index >= 15 is 0 Å². The number of aliphatic hydroxyl groups excluding tert-OH is 1. The van der Waals surface area contributed by atoms with E-state index in [-0.39, 0.29) is 0 Å². The van der Waals surface area contributed by atoms with Crippen LogP contribution in [0.5, 0.6) is 0 Å². The monoisotopic (exact) mass is 223 g/mol. The number of carbonyl (C=O) groups is 1. The first-order chi connectivity index (χ1) is 7.39. The molecule has 0 aliphatic rings. The second-order valence-corrected chi connectivity index (χ2v) is 4.34. The lowest BCUT2D eigenvalue weighted by Crippen LogP contribution is -2.40. The molecule has 1 rings (SSSR count). The van der Waals surface area contributed by atoms with Crippen molar-refractivity contribution in [1.82, 2.24) is 4.98 Å². The van der Waals surface area contributed by atoms with Crippen molar-refractivity contribution >= 4 is 5.97 Å². The first kappa shape index (κ1) is 12.6. The Labute approximate surface area is 95.3 Å². The molecule has 1 heterocycles. The summed E-state index contributed by atoms with van der Waals surface area (Å²) in [5.74, 6) is -0.634. The Hall–Kier alpha value is -1.42. The summed E-state index contributed by atoms with van der Waals surface area (Å²) in [4.78, 5) is 15.5. The van der Waals surface area contributed by atoms with Crippen molar-refractivity contribution in [3.05, 3.63) is 29.6 Å². The summed E-state index contributed by atoms with van der Waals surface area (Å²) in [7, 11) is 1.26. The van der Waals surface area contributed by atoms with Crippen molar-refractivity contribution in [2.45, 2.75) is 32.3 Å². The average Bonchev–Trinajstić information content (AvgIpc) is 2.27. The minimum absolute atomic E-state index is 0.634. The van der Waals surface area contributed by atoms with Crippen LogP contribution in [0.1, 0.15) is 25.1 Å². The molecule has 4 nitrogen and oxygen atoms in total. The molecule has 0 aliphatic carbocycles. The first-order valence-electron chi connectivity index (χ1n) is 5.08. The fraction of sp³-hybridized carbons (Fsp3) is 0.500. The van der Waals surface area contributed by atoms with E-state index in [4.69, 9.17) is 0 Å². The zero-order valence-electron chi connectivity index (χ0n) is 10.0. The number of aromatic nitrogens is 1. The summed E-state index contributed by atoms with van der Waals surface area (Å²) in [6.07, 6.45) is 0.476. The maximum atomic E-state index is 11.3. The van der Waals surface area contributed by atoms with Crippen LogP contribution in [0.3, 0.4) is 0 Å². The Bertz CT molecular complexity index is 370. The number of aliphatic hydroxyl groups is 1. The van der Waals surface area contributed by atoms with Crippen molar-refractivity contribution in [2.24, 2.45) is 0 Å². The van der Waals surface area contributed by atoms with Gasteiger partial charge < -0.3 is 9.84 Å². The van der Waals surface area contributed by atoms with Gasteiger partial charge in [-0.25, -0.2) is 4.79 Å². The van der Waals surface area contributed by atoms with Crippen LogP contribution < -0.4 is 0 Å². The molecule has 1 N–H and O–H groups in total. The molecule has 16 heavy (non-hydrogen) atoms. The van der Waals surface area contributed by atoms with Gasteiger partial charge >= 0.3 is 5.97 Å². The third-order valence-corrected chi connectivity index (χ3v) is 2.76. The second kappa shape index (κ2) is 4.61.